The van der Waals surface area contributed by atoms with Crippen LogP contribution in [-0.4, -0.2) is 51.9 Å². The van der Waals surface area contributed by atoms with E-state index in [0.717, 1.165) is 35.5 Å². The van der Waals surface area contributed by atoms with Crippen molar-refractivity contribution in [1.29, 1.82) is 0 Å². The van der Waals surface area contributed by atoms with Crippen LogP contribution in [0.5, 0.6) is 0 Å². The molecule has 3 aromatic rings. The van der Waals surface area contributed by atoms with Gasteiger partial charge in [0.25, 0.3) is 5.91 Å². The Hall–Kier alpha value is -2.73. The summed E-state index contributed by atoms with van der Waals surface area (Å²) < 4.78 is 5.20. The van der Waals surface area contributed by atoms with Crippen molar-refractivity contribution in [2.75, 3.05) is 26.2 Å². The average Bonchev–Trinajstić information content (AvgIpc) is 3.16. The van der Waals surface area contributed by atoms with Gasteiger partial charge < -0.3 is 9.32 Å². The quantitative estimate of drug-likeness (QED) is 0.735. The molecule has 0 spiro atoms. The van der Waals surface area contributed by atoms with Gasteiger partial charge in [0.2, 0.25) is 0 Å². The van der Waals surface area contributed by atoms with Gasteiger partial charge in [0.15, 0.2) is 5.76 Å². The fraction of sp³-hybridized carbons (Fsp3) is 0.316. The minimum Gasteiger partial charge on any atom is -0.459 e. The summed E-state index contributed by atoms with van der Waals surface area (Å²) in [7, 11) is 0. The number of hydrogen-bond acceptors (Lipinski definition) is 5. The number of carbonyl (C=O) groups excluding carboxylic acids is 1. The lowest BCUT2D eigenvalue weighted by Crippen LogP contribution is -2.48. The maximum atomic E-state index is 12.3. The monoisotopic (exact) mass is 336 g/mol. The fourth-order valence-corrected chi connectivity index (χ4v) is 3.23. The molecule has 0 bridgehead atoms. The standard InChI is InChI=1S/C19H20N4O2/c1-14-15-5-2-3-6-16(15)21-18(20-14)13-22-8-10-23(11-9-22)19(24)17-7-4-12-25-17/h2-7,12H,8-11,13H2,1H3. The number of nitrogens with zero attached hydrogens (tertiary/aromatic N) is 4. The van der Waals surface area contributed by atoms with Crippen molar-refractivity contribution in [2.45, 2.75) is 13.5 Å². The van der Waals surface area contributed by atoms with Crippen molar-refractivity contribution in [3.05, 3.63) is 59.9 Å². The maximum Gasteiger partial charge on any atom is 0.289 e. The summed E-state index contributed by atoms with van der Waals surface area (Å²) >= 11 is 0. The molecule has 0 atom stereocenters. The van der Waals surface area contributed by atoms with Crippen LogP contribution in [0.3, 0.4) is 0 Å². The van der Waals surface area contributed by atoms with Gasteiger partial charge in [-0.15, -0.1) is 0 Å². The molecule has 128 valence electrons. The van der Waals surface area contributed by atoms with Crippen molar-refractivity contribution >= 4 is 16.8 Å². The summed E-state index contributed by atoms with van der Waals surface area (Å²) in [5, 5.41) is 1.10. The summed E-state index contributed by atoms with van der Waals surface area (Å²) in [5.74, 6) is 1.20. The zero-order valence-electron chi connectivity index (χ0n) is 14.2. The van der Waals surface area contributed by atoms with Gasteiger partial charge in [-0.05, 0) is 25.1 Å². The number of piperazine rings is 1. The molecule has 4 rings (SSSR count). The molecule has 0 aliphatic carbocycles. The number of fused-ring (bicyclic) bond motifs is 1. The Kier molecular flexibility index (Phi) is 4.19. The minimum absolute atomic E-state index is 0.0394. The van der Waals surface area contributed by atoms with Gasteiger partial charge in [-0.2, -0.15) is 0 Å². The number of aryl methyl sites for hydroxylation is 1. The lowest BCUT2D eigenvalue weighted by Gasteiger charge is -2.33. The molecule has 2 aromatic heterocycles. The molecule has 1 aliphatic rings. The van der Waals surface area contributed by atoms with E-state index >= 15 is 0 Å². The number of benzene rings is 1. The van der Waals surface area contributed by atoms with Gasteiger partial charge in [0.1, 0.15) is 5.82 Å². The summed E-state index contributed by atoms with van der Waals surface area (Å²) in [6.07, 6.45) is 1.53. The Bertz CT molecular complexity index is 884. The van der Waals surface area contributed by atoms with E-state index in [-0.39, 0.29) is 5.91 Å². The highest BCUT2D eigenvalue weighted by molar-refractivity contribution is 5.91. The first-order chi connectivity index (χ1) is 12.2. The molecule has 0 unspecified atom stereocenters. The van der Waals surface area contributed by atoms with Gasteiger partial charge in [-0.25, -0.2) is 9.97 Å². The van der Waals surface area contributed by atoms with Crippen LogP contribution in [0.15, 0.2) is 47.1 Å². The lowest BCUT2D eigenvalue weighted by molar-refractivity contribution is 0.0595. The van der Waals surface area contributed by atoms with Crippen LogP contribution in [0.4, 0.5) is 0 Å². The Balaban J connectivity index is 1.41. The third-order valence-electron chi connectivity index (χ3n) is 4.60. The van der Waals surface area contributed by atoms with Crippen LogP contribution in [0.2, 0.25) is 0 Å². The van der Waals surface area contributed by atoms with Crippen LogP contribution in [-0.2, 0) is 6.54 Å². The van der Waals surface area contributed by atoms with E-state index in [0.29, 0.717) is 25.4 Å². The molecule has 0 saturated carbocycles. The molecule has 25 heavy (non-hydrogen) atoms. The first kappa shape index (κ1) is 15.8. The molecule has 1 amide bonds. The van der Waals surface area contributed by atoms with Crippen molar-refractivity contribution in [3.63, 3.8) is 0 Å². The normalized spacial score (nSPS) is 15.6. The van der Waals surface area contributed by atoms with E-state index in [1.807, 2.05) is 36.1 Å². The van der Waals surface area contributed by atoms with Crippen molar-refractivity contribution in [1.82, 2.24) is 19.8 Å². The summed E-state index contributed by atoms with van der Waals surface area (Å²) in [6, 6.07) is 11.5. The molecular formula is C19H20N4O2. The van der Waals surface area contributed by atoms with E-state index in [1.54, 1.807) is 12.1 Å². The minimum atomic E-state index is -0.0394. The maximum absolute atomic E-state index is 12.3. The van der Waals surface area contributed by atoms with Crippen molar-refractivity contribution < 1.29 is 9.21 Å². The highest BCUT2D eigenvalue weighted by Crippen LogP contribution is 2.16. The van der Waals surface area contributed by atoms with Crippen LogP contribution < -0.4 is 0 Å². The van der Waals surface area contributed by atoms with Gasteiger partial charge >= 0.3 is 0 Å². The molecule has 6 nitrogen and oxygen atoms in total. The Morgan fingerprint density at radius 1 is 1.08 bits per heavy atom. The predicted octanol–water partition coefficient (Wildman–Crippen LogP) is 2.49. The molecule has 1 saturated heterocycles. The third-order valence-corrected chi connectivity index (χ3v) is 4.60. The fourth-order valence-electron chi connectivity index (χ4n) is 3.23. The van der Waals surface area contributed by atoms with Crippen molar-refractivity contribution in [2.24, 2.45) is 0 Å². The first-order valence-electron chi connectivity index (χ1n) is 8.48. The topological polar surface area (TPSA) is 62.5 Å². The number of hydrogen-bond donors (Lipinski definition) is 0. The summed E-state index contributed by atoms with van der Waals surface area (Å²) in [4.78, 5) is 25.7. The predicted molar refractivity (Wildman–Crippen MR) is 94.2 cm³/mol. The molecule has 6 heteroatoms. The highest BCUT2D eigenvalue weighted by Gasteiger charge is 2.24. The largest absolute Gasteiger partial charge is 0.459 e. The molecule has 1 fully saturated rings. The van der Waals surface area contributed by atoms with Crippen LogP contribution in [0.25, 0.3) is 10.9 Å². The van der Waals surface area contributed by atoms with E-state index in [1.165, 1.54) is 6.26 Å². The second-order valence-electron chi connectivity index (χ2n) is 6.29. The zero-order valence-corrected chi connectivity index (χ0v) is 14.2. The van der Waals surface area contributed by atoms with Crippen LogP contribution in [0, 0.1) is 6.92 Å². The van der Waals surface area contributed by atoms with Gasteiger partial charge in [0, 0.05) is 37.3 Å². The van der Waals surface area contributed by atoms with Gasteiger partial charge in [-0.3, -0.25) is 9.69 Å². The first-order valence-corrected chi connectivity index (χ1v) is 8.48. The second-order valence-corrected chi connectivity index (χ2v) is 6.29. The smallest absolute Gasteiger partial charge is 0.289 e. The lowest BCUT2D eigenvalue weighted by atomic mass is 10.2. The molecule has 0 radical (unpaired) electrons. The Morgan fingerprint density at radius 3 is 2.64 bits per heavy atom. The number of para-hydroxylation sites is 1. The third kappa shape index (κ3) is 3.25. The van der Waals surface area contributed by atoms with Crippen molar-refractivity contribution in [3.8, 4) is 0 Å². The second kappa shape index (κ2) is 6.64. The Labute approximate surface area is 146 Å². The molecule has 1 aromatic carbocycles. The molecule has 1 aliphatic heterocycles. The van der Waals surface area contributed by atoms with Crippen LogP contribution in [0.1, 0.15) is 22.1 Å². The summed E-state index contributed by atoms with van der Waals surface area (Å²) in [6.45, 7) is 5.71. The Morgan fingerprint density at radius 2 is 1.88 bits per heavy atom. The SMILES string of the molecule is Cc1nc(CN2CCN(C(=O)c3ccco3)CC2)nc2ccccc12. The van der Waals surface area contributed by atoms with Crippen LogP contribution >= 0.6 is 0 Å². The summed E-state index contributed by atoms with van der Waals surface area (Å²) in [5.41, 5.74) is 1.99. The average molecular weight is 336 g/mol. The van der Waals surface area contributed by atoms with Gasteiger partial charge in [0.05, 0.1) is 18.3 Å². The number of carbonyl (C=O) groups is 1. The van der Waals surface area contributed by atoms with Gasteiger partial charge in [-0.1, -0.05) is 18.2 Å². The van der Waals surface area contributed by atoms with E-state index in [4.69, 9.17) is 4.42 Å². The number of amides is 1. The van der Waals surface area contributed by atoms with E-state index in [9.17, 15) is 4.79 Å². The zero-order chi connectivity index (χ0) is 17.2. The molecule has 3 heterocycles. The van der Waals surface area contributed by atoms with E-state index < -0.39 is 0 Å². The highest BCUT2D eigenvalue weighted by atomic mass is 16.3. The number of rotatable bonds is 3. The molecule has 0 N–H and O–H groups in total. The number of aromatic nitrogens is 2. The van der Waals surface area contributed by atoms with E-state index in [2.05, 4.69) is 14.9 Å². The molecular weight excluding hydrogens is 316 g/mol. The number of furan rings is 1.